The highest BCUT2D eigenvalue weighted by atomic mass is 16.2. The Morgan fingerprint density at radius 2 is 1.84 bits per heavy atom. The molecule has 5 N–H and O–H groups in total. The van der Waals surface area contributed by atoms with Gasteiger partial charge in [-0.1, -0.05) is 37.1 Å². The molecule has 0 heterocycles. The highest BCUT2D eigenvalue weighted by Gasteiger charge is 2.30. The number of primary amides is 2. The maximum Gasteiger partial charge on any atom is 0.312 e. The molecule has 0 saturated heterocycles. The summed E-state index contributed by atoms with van der Waals surface area (Å²) in [6.07, 6.45) is 3.86. The highest BCUT2D eigenvalue weighted by molar-refractivity contribution is 5.85. The number of hydrogen-bond donors (Lipinski definition) is 3. The summed E-state index contributed by atoms with van der Waals surface area (Å²) in [5.74, 6) is -0.733. The molecule has 7 heteroatoms. The number of aryl methyl sites for hydroxylation is 1. The molecule has 136 valence electrons. The Morgan fingerprint density at radius 1 is 1.20 bits per heavy atom. The van der Waals surface area contributed by atoms with E-state index in [1.165, 1.54) is 0 Å². The normalized spacial score (nSPS) is 15.6. The molecule has 0 unspecified atom stereocenters. The van der Waals surface area contributed by atoms with E-state index >= 15 is 0 Å². The van der Waals surface area contributed by atoms with Gasteiger partial charge < -0.3 is 21.7 Å². The molecular weight excluding hydrogens is 320 g/mol. The molecular formula is C18H26N4O3. The van der Waals surface area contributed by atoms with Crippen LogP contribution in [0.3, 0.4) is 0 Å². The zero-order valence-corrected chi connectivity index (χ0v) is 14.5. The number of amides is 4. The summed E-state index contributed by atoms with van der Waals surface area (Å²) in [6, 6.07) is 6.31. The molecule has 7 nitrogen and oxygen atoms in total. The molecule has 0 aromatic heterocycles. The first-order chi connectivity index (χ1) is 11.9. The predicted molar refractivity (Wildman–Crippen MR) is 94.4 cm³/mol. The first-order valence-corrected chi connectivity index (χ1v) is 8.57. The van der Waals surface area contributed by atoms with Gasteiger partial charge in [0.15, 0.2) is 0 Å². The van der Waals surface area contributed by atoms with Crippen LogP contribution in [-0.4, -0.2) is 35.3 Å². The lowest BCUT2D eigenvalue weighted by atomic mass is 9.98. The summed E-state index contributed by atoms with van der Waals surface area (Å²) < 4.78 is 0. The average molecular weight is 346 g/mol. The Morgan fingerprint density at radius 3 is 2.40 bits per heavy atom. The van der Waals surface area contributed by atoms with Crippen LogP contribution in [-0.2, 0) is 9.59 Å². The van der Waals surface area contributed by atoms with Crippen LogP contribution in [0.2, 0.25) is 0 Å². The zero-order valence-electron chi connectivity index (χ0n) is 14.5. The molecule has 1 aliphatic carbocycles. The van der Waals surface area contributed by atoms with Gasteiger partial charge in [0.2, 0.25) is 11.8 Å². The quantitative estimate of drug-likeness (QED) is 0.691. The molecule has 0 bridgehead atoms. The molecule has 1 aromatic carbocycles. The topological polar surface area (TPSA) is 119 Å². The van der Waals surface area contributed by atoms with E-state index in [-0.39, 0.29) is 24.9 Å². The van der Waals surface area contributed by atoms with Crippen molar-refractivity contribution in [2.24, 2.45) is 11.5 Å². The van der Waals surface area contributed by atoms with E-state index in [2.05, 4.69) is 5.32 Å². The Balaban J connectivity index is 2.20. The number of nitrogens with two attached hydrogens (primary N) is 2. The molecule has 1 fully saturated rings. The molecule has 1 atom stereocenters. The molecule has 25 heavy (non-hydrogen) atoms. The van der Waals surface area contributed by atoms with Crippen LogP contribution in [0.25, 0.3) is 0 Å². The molecule has 0 aliphatic heterocycles. The zero-order chi connectivity index (χ0) is 18.4. The smallest absolute Gasteiger partial charge is 0.312 e. The first kappa shape index (κ1) is 18.8. The van der Waals surface area contributed by atoms with Gasteiger partial charge in [-0.25, -0.2) is 4.79 Å². The second kappa shape index (κ2) is 8.50. The van der Waals surface area contributed by atoms with Gasteiger partial charge in [0, 0.05) is 6.04 Å². The number of hydrogen-bond acceptors (Lipinski definition) is 3. The van der Waals surface area contributed by atoms with Crippen LogP contribution in [0.1, 0.15) is 49.3 Å². The first-order valence-electron chi connectivity index (χ1n) is 8.57. The van der Waals surface area contributed by atoms with Crippen molar-refractivity contribution < 1.29 is 14.4 Å². The van der Waals surface area contributed by atoms with Crippen molar-refractivity contribution >= 4 is 17.8 Å². The monoisotopic (exact) mass is 346 g/mol. The molecule has 0 radical (unpaired) electrons. The third-order valence-corrected chi connectivity index (χ3v) is 4.67. The second-order valence-electron chi connectivity index (χ2n) is 6.55. The number of nitrogens with zero attached hydrogens (tertiary/aromatic N) is 1. The van der Waals surface area contributed by atoms with Gasteiger partial charge in [0.25, 0.3) is 0 Å². The van der Waals surface area contributed by atoms with Crippen molar-refractivity contribution in [1.29, 1.82) is 0 Å². The lowest BCUT2D eigenvalue weighted by Gasteiger charge is -2.30. The lowest BCUT2D eigenvalue weighted by Crippen LogP contribution is -2.46. The minimum atomic E-state index is -0.691. The fraction of sp³-hybridized carbons (Fsp3) is 0.500. The van der Waals surface area contributed by atoms with Crippen molar-refractivity contribution in [1.82, 2.24) is 10.2 Å². The maximum absolute atomic E-state index is 12.9. The Bertz CT molecular complexity index is 641. The molecule has 1 aromatic rings. The van der Waals surface area contributed by atoms with Gasteiger partial charge in [0.1, 0.15) is 0 Å². The molecule has 0 spiro atoms. The van der Waals surface area contributed by atoms with E-state index in [9.17, 15) is 14.4 Å². The summed E-state index contributed by atoms with van der Waals surface area (Å²) in [5, 5.41) is 2.64. The number of urea groups is 1. The Labute approximate surface area is 147 Å². The van der Waals surface area contributed by atoms with Crippen LogP contribution < -0.4 is 16.8 Å². The summed E-state index contributed by atoms with van der Waals surface area (Å²) >= 11 is 0. The summed E-state index contributed by atoms with van der Waals surface area (Å²) in [4.78, 5) is 37.2. The maximum atomic E-state index is 12.9. The van der Waals surface area contributed by atoms with Crippen molar-refractivity contribution in [3.63, 3.8) is 0 Å². The van der Waals surface area contributed by atoms with E-state index in [1.54, 1.807) is 4.90 Å². The van der Waals surface area contributed by atoms with E-state index < -0.39 is 18.0 Å². The molecule has 4 amide bonds. The standard InChI is InChI=1S/C18H26N4O3/c1-12-6-2-5-9-14(12)15(21-18(20)25)10-17(24)22(11-16(19)23)13-7-3-4-8-13/h2,5-6,9,13,15H,3-4,7-8,10-11H2,1H3,(H2,19,23)(H3,20,21,25)/t15-/m1/s1. The SMILES string of the molecule is Cc1ccccc1[C@@H](CC(=O)N(CC(N)=O)C1CCCC1)NC(N)=O. The van der Waals surface area contributed by atoms with Crippen molar-refractivity contribution in [3.05, 3.63) is 35.4 Å². The number of rotatable bonds is 7. The van der Waals surface area contributed by atoms with Gasteiger partial charge in [-0.15, -0.1) is 0 Å². The lowest BCUT2D eigenvalue weighted by molar-refractivity contribution is -0.137. The third-order valence-electron chi connectivity index (χ3n) is 4.67. The minimum absolute atomic E-state index is 0.0334. The number of carbonyl (C=O) groups excluding carboxylic acids is 3. The van der Waals surface area contributed by atoms with E-state index in [0.717, 1.165) is 36.8 Å². The fourth-order valence-electron chi connectivity index (χ4n) is 3.48. The van der Waals surface area contributed by atoms with Crippen LogP contribution in [0.15, 0.2) is 24.3 Å². The van der Waals surface area contributed by atoms with Crippen molar-refractivity contribution in [2.75, 3.05) is 6.54 Å². The fourth-order valence-corrected chi connectivity index (χ4v) is 3.48. The molecule has 1 aliphatic rings. The van der Waals surface area contributed by atoms with E-state index in [1.807, 2.05) is 31.2 Å². The van der Waals surface area contributed by atoms with Crippen molar-refractivity contribution in [2.45, 2.75) is 51.1 Å². The van der Waals surface area contributed by atoms with Crippen LogP contribution >= 0.6 is 0 Å². The number of benzene rings is 1. The average Bonchev–Trinajstić information content (AvgIpc) is 3.05. The predicted octanol–water partition coefficient (Wildman–Crippen LogP) is 1.35. The van der Waals surface area contributed by atoms with Gasteiger partial charge in [-0.3, -0.25) is 9.59 Å². The number of nitrogens with one attached hydrogen (secondary N) is 1. The van der Waals surface area contributed by atoms with E-state index in [0.29, 0.717) is 0 Å². The van der Waals surface area contributed by atoms with Crippen LogP contribution in [0, 0.1) is 6.92 Å². The van der Waals surface area contributed by atoms with Gasteiger partial charge in [0.05, 0.1) is 19.0 Å². The highest BCUT2D eigenvalue weighted by Crippen LogP contribution is 2.26. The second-order valence-corrected chi connectivity index (χ2v) is 6.55. The Hall–Kier alpha value is -2.57. The van der Waals surface area contributed by atoms with E-state index in [4.69, 9.17) is 11.5 Å². The number of carbonyl (C=O) groups is 3. The largest absolute Gasteiger partial charge is 0.368 e. The molecule has 1 saturated carbocycles. The molecule has 2 rings (SSSR count). The summed E-state index contributed by atoms with van der Waals surface area (Å²) in [7, 11) is 0. The third kappa shape index (κ3) is 5.20. The van der Waals surface area contributed by atoms with Gasteiger partial charge >= 0.3 is 6.03 Å². The van der Waals surface area contributed by atoms with Gasteiger partial charge in [-0.05, 0) is 30.9 Å². The van der Waals surface area contributed by atoms with Crippen LogP contribution in [0.5, 0.6) is 0 Å². The summed E-state index contributed by atoms with van der Waals surface area (Å²) in [6.45, 7) is 1.81. The summed E-state index contributed by atoms with van der Waals surface area (Å²) in [5.41, 5.74) is 12.4. The van der Waals surface area contributed by atoms with Gasteiger partial charge in [-0.2, -0.15) is 0 Å². The minimum Gasteiger partial charge on any atom is -0.368 e. The van der Waals surface area contributed by atoms with Crippen LogP contribution in [0.4, 0.5) is 4.79 Å². The van der Waals surface area contributed by atoms with Crippen molar-refractivity contribution in [3.8, 4) is 0 Å². The Kier molecular flexibility index (Phi) is 6.38.